The highest BCUT2D eigenvalue weighted by Gasteiger charge is 2.50. The van der Waals surface area contributed by atoms with Crippen LogP contribution in [0.25, 0.3) is 0 Å². The Morgan fingerprint density at radius 1 is 1.13 bits per heavy atom. The lowest BCUT2D eigenvalue weighted by molar-refractivity contribution is -0.0356. The lowest BCUT2D eigenvalue weighted by Crippen LogP contribution is -2.60. The van der Waals surface area contributed by atoms with Crippen LogP contribution < -0.4 is 5.32 Å². The van der Waals surface area contributed by atoms with Gasteiger partial charge in [0, 0.05) is 23.7 Å². The first kappa shape index (κ1) is 10.1. The molecule has 2 heterocycles. The maximum Gasteiger partial charge on any atom is 0.0187 e. The van der Waals surface area contributed by atoms with Gasteiger partial charge >= 0.3 is 0 Å². The van der Waals surface area contributed by atoms with E-state index in [1.807, 2.05) is 0 Å². The number of nitrogens with zero attached hydrogens (tertiary/aromatic N) is 1. The molecule has 2 atom stereocenters. The second kappa shape index (κ2) is 3.46. The van der Waals surface area contributed by atoms with E-state index in [-0.39, 0.29) is 0 Å². The predicted molar refractivity (Wildman–Crippen MR) is 63.0 cm³/mol. The van der Waals surface area contributed by atoms with E-state index in [9.17, 15) is 0 Å². The molecule has 2 saturated heterocycles. The molecule has 15 heavy (non-hydrogen) atoms. The van der Waals surface area contributed by atoms with Crippen molar-refractivity contribution in [3.63, 3.8) is 0 Å². The van der Waals surface area contributed by atoms with Crippen LogP contribution in [0.2, 0.25) is 0 Å². The van der Waals surface area contributed by atoms with Crippen LogP contribution in [0, 0.1) is 0 Å². The molecule has 0 amide bonds. The number of hydrogen-bond donors (Lipinski definition) is 1. The van der Waals surface area contributed by atoms with Crippen LogP contribution in [-0.2, 0) is 0 Å². The molecule has 2 heteroatoms. The minimum Gasteiger partial charge on any atom is -0.317 e. The van der Waals surface area contributed by atoms with Gasteiger partial charge in [-0.15, -0.1) is 0 Å². The molecule has 3 rings (SSSR count). The van der Waals surface area contributed by atoms with Crippen molar-refractivity contribution in [2.45, 2.75) is 75.5 Å². The summed E-state index contributed by atoms with van der Waals surface area (Å²) >= 11 is 0. The Kier molecular flexibility index (Phi) is 2.33. The molecule has 1 saturated carbocycles. The summed E-state index contributed by atoms with van der Waals surface area (Å²) in [5.41, 5.74) is 0.588. The topological polar surface area (TPSA) is 15.3 Å². The first-order chi connectivity index (χ1) is 7.23. The van der Waals surface area contributed by atoms with Gasteiger partial charge in [0.1, 0.15) is 0 Å². The fourth-order valence-electron chi connectivity index (χ4n) is 4.24. The summed E-state index contributed by atoms with van der Waals surface area (Å²) in [4.78, 5) is 2.91. The zero-order valence-electron chi connectivity index (χ0n) is 10.1. The molecular weight excluding hydrogens is 184 g/mol. The molecule has 1 N–H and O–H groups in total. The quantitative estimate of drug-likeness (QED) is 0.748. The maximum absolute atomic E-state index is 3.49. The van der Waals surface area contributed by atoms with Crippen LogP contribution in [0.3, 0.4) is 0 Å². The molecule has 3 aliphatic rings. The van der Waals surface area contributed by atoms with Crippen LogP contribution in [0.4, 0.5) is 0 Å². The average molecular weight is 208 g/mol. The third-order valence-electron chi connectivity index (χ3n) is 5.20. The Balaban J connectivity index is 1.76. The van der Waals surface area contributed by atoms with Gasteiger partial charge in [-0.25, -0.2) is 0 Å². The Morgan fingerprint density at radius 3 is 2.13 bits per heavy atom. The molecule has 86 valence electrons. The monoisotopic (exact) mass is 208 g/mol. The normalized spacial score (nSPS) is 44.0. The van der Waals surface area contributed by atoms with Crippen molar-refractivity contribution >= 4 is 0 Å². The smallest absolute Gasteiger partial charge is 0.0187 e. The first-order valence-electron chi connectivity index (χ1n) is 6.69. The number of piperidine rings is 1. The predicted octanol–water partition coefficient (Wildman–Crippen LogP) is 2.14. The summed E-state index contributed by atoms with van der Waals surface area (Å²) in [5, 5.41) is 3.49. The zero-order valence-corrected chi connectivity index (χ0v) is 10.1. The molecule has 0 spiro atoms. The third-order valence-corrected chi connectivity index (χ3v) is 5.20. The Bertz CT molecular complexity index is 233. The second-order valence-electron chi connectivity index (χ2n) is 6.10. The molecule has 2 bridgehead atoms. The van der Waals surface area contributed by atoms with Crippen molar-refractivity contribution in [2.75, 3.05) is 7.05 Å². The van der Waals surface area contributed by atoms with Crippen molar-refractivity contribution in [3.8, 4) is 0 Å². The van der Waals surface area contributed by atoms with E-state index in [0.717, 1.165) is 18.1 Å². The van der Waals surface area contributed by atoms with E-state index in [4.69, 9.17) is 0 Å². The number of rotatable bonds is 2. The molecule has 0 aromatic heterocycles. The summed E-state index contributed by atoms with van der Waals surface area (Å²) in [5.74, 6) is 0. The summed E-state index contributed by atoms with van der Waals surface area (Å²) < 4.78 is 0. The van der Waals surface area contributed by atoms with Crippen LogP contribution >= 0.6 is 0 Å². The first-order valence-corrected chi connectivity index (χ1v) is 6.69. The molecule has 3 fully saturated rings. The summed E-state index contributed by atoms with van der Waals surface area (Å²) in [6, 6.07) is 2.58. The van der Waals surface area contributed by atoms with E-state index in [1.165, 1.54) is 44.9 Å². The van der Waals surface area contributed by atoms with Gasteiger partial charge in [-0.1, -0.05) is 0 Å². The van der Waals surface area contributed by atoms with Crippen molar-refractivity contribution in [3.05, 3.63) is 0 Å². The second-order valence-corrected chi connectivity index (χ2v) is 6.10. The Morgan fingerprint density at radius 2 is 1.73 bits per heavy atom. The molecule has 0 radical (unpaired) electrons. The van der Waals surface area contributed by atoms with Crippen molar-refractivity contribution in [2.24, 2.45) is 0 Å². The maximum atomic E-state index is 3.49. The molecular formula is C13H24N2. The Labute approximate surface area is 93.4 Å². The van der Waals surface area contributed by atoms with Crippen LogP contribution in [0.1, 0.15) is 51.9 Å². The number of nitrogens with one attached hydrogen (secondary N) is 1. The van der Waals surface area contributed by atoms with E-state index in [2.05, 4.69) is 24.2 Å². The number of hydrogen-bond acceptors (Lipinski definition) is 2. The van der Waals surface area contributed by atoms with Crippen molar-refractivity contribution < 1.29 is 0 Å². The van der Waals surface area contributed by atoms with Gasteiger partial charge in [0.25, 0.3) is 0 Å². The molecule has 2 unspecified atom stereocenters. The fraction of sp³-hybridized carbons (Fsp3) is 1.00. The summed E-state index contributed by atoms with van der Waals surface area (Å²) in [7, 11) is 2.13. The standard InChI is InChI=1S/C13H24N2/c1-13(6-3-7-13)15-11-4-5-12(15)9-10(8-11)14-2/h10-12,14H,3-9H2,1-2H3. The van der Waals surface area contributed by atoms with Crippen LogP contribution in [0.15, 0.2) is 0 Å². The molecule has 0 aromatic carbocycles. The van der Waals surface area contributed by atoms with Gasteiger partial charge in [-0.3, -0.25) is 4.90 Å². The fourth-order valence-corrected chi connectivity index (χ4v) is 4.24. The van der Waals surface area contributed by atoms with Gasteiger partial charge in [0.2, 0.25) is 0 Å². The van der Waals surface area contributed by atoms with E-state index in [0.29, 0.717) is 5.54 Å². The molecule has 1 aliphatic carbocycles. The SMILES string of the molecule is CNC1CC2CCC(C1)N2C1(C)CCC1. The minimum absolute atomic E-state index is 0.588. The van der Waals surface area contributed by atoms with Gasteiger partial charge < -0.3 is 5.32 Å². The van der Waals surface area contributed by atoms with Crippen molar-refractivity contribution in [1.82, 2.24) is 10.2 Å². The van der Waals surface area contributed by atoms with Gasteiger partial charge in [0.05, 0.1) is 0 Å². The van der Waals surface area contributed by atoms with E-state index >= 15 is 0 Å². The van der Waals surface area contributed by atoms with E-state index < -0.39 is 0 Å². The van der Waals surface area contributed by atoms with Gasteiger partial charge in [-0.05, 0) is 58.9 Å². The average Bonchev–Trinajstić information content (AvgIpc) is 2.46. The lowest BCUT2D eigenvalue weighted by atomic mass is 9.74. The summed E-state index contributed by atoms with van der Waals surface area (Å²) in [6.07, 6.45) is 10.1. The zero-order chi connectivity index (χ0) is 10.5. The van der Waals surface area contributed by atoms with Crippen molar-refractivity contribution in [1.29, 1.82) is 0 Å². The molecule has 0 aromatic rings. The highest BCUT2D eigenvalue weighted by Crippen LogP contribution is 2.47. The lowest BCUT2D eigenvalue weighted by Gasteiger charge is -2.54. The van der Waals surface area contributed by atoms with Gasteiger partial charge in [0.15, 0.2) is 0 Å². The highest BCUT2D eigenvalue weighted by molar-refractivity contribution is 5.06. The molecule has 2 aliphatic heterocycles. The largest absolute Gasteiger partial charge is 0.317 e. The van der Waals surface area contributed by atoms with Gasteiger partial charge in [-0.2, -0.15) is 0 Å². The van der Waals surface area contributed by atoms with E-state index in [1.54, 1.807) is 0 Å². The molecule has 2 nitrogen and oxygen atoms in total. The third kappa shape index (κ3) is 1.45. The minimum atomic E-state index is 0.588. The number of fused-ring (bicyclic) bond motifs is 2. The van der Waals surface area contributed by atoms with Crippen LogP contribution in [0.5, 0.6) is 0 Å². The van der Waals surface area contributed by atoms with Crippen LogP contribution in [-0.4, -0.2) is 35.6 Å². The highest BCUT2D eigenvalue weighted by atomic mass is 15.3. The summed E-state index contributed by atoms with van der Waals surface area (Å²) in [6.45, 7) is 2.50. The Hall–Kier alpha value is -0.0800.